The summed E-state index contributed by atoms with van der Waals surface area (Å²) in [4.78, 5) is 11.7. The van der Waals surface area contributed by atoms with Crippen molar-refractivity contribution in [3.8, 4) is 5.75 Å². The molecule has 140 valence electrons. The molecule has 25 heavy (non-hydrogen) atoms. The van der Waals surface area contributed by atoms with Crippen LogP contribution in [0.4, 0.5) is 4.79 Å². The number of benzene rings is 1. The molecule has 3 atom stereocenters. The average molecular weight is 372 g/mol. The van der Waals surface area contributed by atoms with Crippen molar-refractivity contribution in [3.63, 3.8) is 0 Å². The minimum Gasteiger partial charge on any atom is -0.437 e. The van der Waals surface area contributed by atoms with Crippen molar-refractivity contribution in [2.45, 2.75) is 38.4 Å². The van der Waals surface area contributed by atoms with Crippen LogP contribution >= 0.6 is 11.6 Å². The maximum absolute atomic E-state index is 11.7. The van der Waals surface area contributed by atoms with Crippen molar-refractivity contribution >= 4 is 17.8 Å². The zero-order valence-electron chi connectivity index (χ0n) is 15.4. The van der Waals surface area contributed by atoms with E-state index >= 15 is 0 Å². The van der Waals surface area contributed by atoms with Crippen molar-refractivity contribution < 1.29 is 23.5 Å². The molecule has 1 N–H and O–H groups in total. The van der Waals surface area contributed by atoms with Crippen LogP contribution in [0, 0.1) is 6.92 Å². The first kappa shape index (κ1) is 19.8. The van der Waals surface area contributed by atoms with E-state index in [0.717, 1.165) is 11.3 Å². The molecule has 1 aliphatic heterocycles. The van der Waals surface area contributed by atoms with E-state index in [2.05, 4.69) is 5.32 Å². The number of alkyl halides is 1. The third kappa shape index (κ3) is 4.19. The first-order valence-corrected chi connectivity index (χ1v) is 9.08. The SMILES string of the molecule is CCOC(=O)OC[N+]1(C)CCNC(Cl)C1(CC)Oc1cccc(C)c1. The number of ether oxygens (including phenoxy) is 3. The highest BCUT2D eigenvalue weighted by atomic mass is 35.5. The van der Waals surface area contributed by atoms with Gasteiger partial charge in [-0.15, -0.1) is 0 Å². The van der Waals surface area contributed by atoms with Crippen molar-refractivity contribution in [2.75, 3.05) is 33.5 Å². The minimum absolute atomic E-state index is 0.128. The van der Waals surface area contributed by atoms with Gasteiger partial charge < -0.3 is 14.2 Å². The van der Waals surface area contributed by atoms with Gasteiger partial charge in [-0.25, -0.2) is 4.79 Å². The van der Waals surface area contributed by atoms with Gasteiger partial charge in [-0.3, -0.25) is 9.80 Å². The van der Waals surface area contributed by atoms with Crippen LogP contribution in [0.5, 0.6) is 5.75 Å². The highest BCUT2D eigenvalue weighted by Gasteiger charge is 2.58. The molecule has 0 aliphatic carbocycles. The molecule has 0 radical (unpaired) electrons. The van der Waals surface area contributed by atoms with Crippen LogP contribution in [0.15, 0.2) is 24.3 Å². The lowest BCUT2D eigenvalue weighted by Crippen LogP contribution is -2.77. The second-order valence-corrected chi connectivity index (χ2v) is 6.95. The first-order valence-electron chi connectivity index (χ1n) is 8.64. The van der Waals surface area contributed by atoms with Gasteiger partial charge in [0.2, 0.25) is 6.73 Å². The summed E-state index contributed by atoms with van der Waals surface area (Å²) >= 11 is 6.67. The Balaban J connectivity index is 2.29. The lowest BCUT2D eigenvalue weighted by molar-refractivity contribution is -0.996. The summed E-state index contributed by atoms with van der Waals surface area (Å²) in [6, 6.07) is 7.86. The second-order valence-electron chi connectivity index (χ2n) is 6.51. The summed E-state index contributed by atoms with van der Waals surface area (Å²) in [6.07, 6.45) is -0.0304. The largest absolute Gasteiger partial charge is 0.512 e. The monoisotopic (exact) mass is 371 g/mol. The Morgan fingerprint density at radius 1 is 1.40 bits per heavy atom. The predicted molar refractivity (Wildman–Crippen MR) is 96.5 cm³/mol. The van der Waals surface area contributed by atoms with Gasteiger partial charge in [0.1, 0.15) is 5.75 Å². The number of likely N-dealkylation sites (N-methyl/N-ethyl adjacent to an activating group) is 1. The van der Waals surface area contributed by atoms with Gasteiger partial charge in [-0.1, -0.05) is 30.7 Å². The lowest BCUT2D eigenvalue weighted by atomic mass is 10.0. The molecule has 1 aliphatic rings. The van der Waals surface area contributed by atoms with Crippen molar-refractivity contribution in [2.24, 2.45) is 0 Å². The van der Waals surface area contributed by atoms with Gasteiger partial charge >= 0.3 is 6.16 Å². The molecule has 0 aromatic heterocycles. The fraction of sp³-hybridized carbons (Fsp3) is 0.611. The van der Waals surface area contributed by atoms with Crippen LogP contribution in [0.1, 0.15) is 25.8 Å². The number of nitrogens with one attached hydrogen (secondary N) is 1. The standard InChI is InChI=1S/C18H28ClN2O4/c1-5-18(25-15-9-7-8-14(3)12-15)16(19)20-10-11-21(18,4)13-24-17(22)23-6-2/h7-9,12,16,20H,5-6,10-11,13H2,1-4H3/q+1. The molecule has 2 rings (SSSR count). The fourth-order valence-corrected chi connectivity index (χ4v) is 3.81. The van der Waals surface area contributed by atoms with Gasteiger partial charge in [0, 0.05) is 13.0 Å². The Morgan fingerprint density at radius 2 is 2.16 bits per heavy atom. The molecular weight excluding hydrogens is 344 g/mol. The lowest BCUT2D eigenvalue weighted by Gasteiger charge is -2.53. The number of hydrogen-bond donors (Lipinski definition) is 1. The van der Waals surface area contributed by atoms with Crippen LogP contribution in [0.25, 0.3) is 0 Å². The maximum Gasteiger partial charge on any atom is 0.512 e. The number of aryl methyl sites for hydroxylation is 1. The molecule has 1 saturated heterocycles. The van der Waals surface area contributed by atoms with Gasteiger partial charge in [0.05, 0.1) is 20.2 Å². The number of carbonyl (C=O) groups is 1. The summed E-state index contributed by atoms with van der Waals surface area (Å²) < 4.78 is 17.0. The van der Waals surface area contributed by atoms with E-state index in [9.17, 15) is 4.79 Å². The average Bonchev–Trinajstić information content (AvgIpc) is 2.57. The number of halogens is 1. The maximum atomic E-state index is 11.7. The topological polar surface area (TPSA) is 56.8 Å². The molecule has 1 heterocycles. The van der Waals surface area contributed by atoms with E-state index < -0.39 is 17.4 Å². The number of hydrogen-bond acceptors (Lipinski definition) is 5. The van der Waals surface area contributed by atoms with Crippen molar-refractivity contribution in [1.82, 2.24) is 5.32 Å². The predicted octanol–water partition coefficient (Wildman–Crippen LogP) is 3.23. The Kier molecular flexibility index (Phi) is 6.54. The Hall–Kier alpha value is -1.50. The van der Waals surface area contributed by atoms with Gasteiger partial charge in [-0.2, -0.15) is 0 Å². The van der Waals surface area contributed by atoms with E-state index in [0.29, 0.717) is 24.0 Å². The third-order valence-corrected chi connectivity index (χ3v) is 5.25. The normalized spacial score (nSPS) is 29.1. The van der Waals surface area contributed by atoms with Crippen LogP contribution < -0.4 is 10.1 Å². The molecule has 0 bridgehead atoms. The third-order valence-electron chi connectivity index (χ3n) is 4.76. The van der Waals surface area contributed by atoms with E-state index in [4.69, 9.17) is 25.8 Å². The molecule has 0 saturated carbocycles. The summed E-state index contributed by atoms with van der Waals surface area (Å²) in [5.41, 5.74) is -0.0988. The molecule has 1 aromatic carbocycles. The van der Waals surface area contributed by atoms with E-state index in [1.54, 1.807) is 6.92 Å². The summed E-state index contributed by atoms with van der Waals surface area (Å²) in [5, 5.41) is 3.28. The van der Waals surface area contributed by atoms with Gasteiger partial charge in [0.25, 0.3) is 5.72 Å². The minimum atomic E-state index is -0.778. The number of carbonyl (C=O) groups excluding carboxylic acids is 1. The van der Waals surface area contributed by atoms with Crippen LogP contribution in [0.2, 0.25) is 0 Å². The highest BCUT2D eigenvalue weighted by molar-refractivity contribution is 6.21. The number of piperazine rings is 1. The molecule has 0 amide bonds. The van der Waals surface area contributed by atoms with E-state index in [-0.39, 0.29) is 13.3 Å². The Bertz CT molecular complexity index is 600. The van der Waals surface area contributed by atoms with Crippen molar-refractivity contribution in [1.29, 1.82) is 0 Å². The summed E-state index contributed by atoms with van der Waals surface area (Å²) in [5.74, 6) is 0.747. The molecule has 0 spiro atoms. The van der Waals surface area contributed by atoms with Crippen LogP contribution in [0.3, 0.4) is 0 Å². The molecule has 7 heteroatoms. The quantitative estimate of drug-likeness (QED) is 0.360. The van der Waals surface area contributed by atoms with E-state index in [1.807, 2.05) is 45.2 Å². The molecule has 1 aromatic rings. The number of nitrogens with zero attached hydrogens (tertiary/aromatic N) is 1. The van der Waals surface area contributed by atoms with Gasteiger partial charge in [-0.05, 0) is 31.5 Å². The molecule has 6 nitrogen and oxygen atoms in total. The van der Waals surface area contributed by atoms with E-state index in [1.165, 1.54) is 0 Å². The molecule has 1 fully saturated rings. The number of rotatable bonds is 6. The summed E-state index contributed by atoms with van der Waals surface area (Å²) in [6.45, 7) is 7.61. The van der Waals surface area contributed by atoms with Crippen LogP contribution in [-0.4, -0.2) is 55.3 Å². The molecule has 3 unspecified atom stereocenters. The fourth-order valence-electron chi connectivity index (χ4n) is 3.27. The highest BCUT2D eigenvalue weighted by Crippen LogP contribution is 2.37. The number of quaternary nitrogens is 1. The zero-order chi connectivity index (χ0) is 18.5. The zero-order valence-corrected chi connectivity index (χ0v) is 16.1. The Morgan fingerprint density at radius 3 is 2.80 bits per heavy atom. The smallest absolute Gasteiger partial charge is 0.437 e. The Labute approximate surface area is 154 Å². The first-order chi connectivity index (χ1) is 11.9. The summed E-state index contributed by atoms with van der Waals surface area (Å²) in [7, 11) is 1.99. The van der Waals surface area contributed by atoms with Crippen molar-refractivity contribution in [3.05, 3.63) is 29.8 Å². The van der Waals surface area contributed by atoms with Gasteiger partial charge in [0.15, 0.2) is 5.50 Å². The van der Waals surface area contributed by atoms with Crippen LogP contribution in [-0.2, 0) is 9.47 Å². The second kappa shape index (κ2) is 8.25. The molecular formula is C18H28ClN2O4+.